The van der Waals surface area contributed by atoms with Crippen molar-refractivity contribution in [2.24, 2.45) is 4.99 Å². The molecule has 0 aliphatic carbocycles. The molecule has 0 radical (unpaired) electrons. The Kier molecular flexibility index (Phi) is 1.98. The Balaban J connectivity index is 2.65. The molecular weight excluding hydrogens is 183 g/mol. The summed E-state index contributed by atoms with van der Waals surface area (Å²) in [6.45, 7) is 3.85. The first-order chi connectivity index (χ1) is 6.61. The summed E-state index contributed by atoms with van der Waals surface area (Å²) in [5.41, 5.74) is 0.140. The van der Waals surface area contributed by atoms with E-state index in [1.54, 1.807) is 4.57 Å². The number of nitrogens with zero attached hydrogens (tertiary/aromatic N) is 2. The Morgan fingerprint density at radius 3 is 2.93 bits per heavy atom. The van der Waals surface area contributed by atoms with Crippen LogP contribution in [0.2, 0.25) is 0 Å². The smallest absolute Gasteiger partial charge is 0.174 e. The second-order valence-corrected chi connectivity index (χ2v) is 3.62. The molecule has 1 aliphatic heterocycles. The highest BCUT2D eigenvalue weighted by Crippen LogP contribution is 2.30. The van der Waals surface area contributed by atoms with Gasteiger partial charge in [-0.05, 0) is 13.8 Å². The van der Waals surface area contributed by atoms with Gasteiger partial charge in [0.2, 0.25) is 0 Å². The number of halogens is 1. The van der Waals surface area contributed by atoms with Gasteiger partial charge in [-0.3, -0.25) is 4.79 Å². The van der Waals surface area contributed by atoms with Crippen molar-refractivity contribution in [1.82, 2.24) is 4.57 Å². The lowest BCUT2D eigenvalue weighted by atomic mass is 10.1. The van der Waals surface area contributed by atoms with Gasteiger partial charge in [-0.1, -0.05) is 0 Å². The minimum Gasteiger partial charge on any atom is -0.327 e. The molecule has 4 heteroatoms. The highest BCUT2D eigenvalue weighted by atomic mass is 19.1. The van der Waals surface area contributed by atoms with Crippen LogP contribution in [0.15, 0.2) is 11.2 Å². The van der Waals surface area contributed by atoms with E-state index in [0.717, 1.165) is 0 Å². The summed E-state index contributed by atoms with van der Waals surface area (Å²) < 4.78 is 15.1. The topological polar surface area (TPSA) is 34.4 Å². The molecule has 1 aliphatic rings. The van der Waals surface area contributed by atoms with Crippen molar-refractivity contribution in [2.45, 2.75) is 26.3 Å². The quantitative estimate of drug-likeness (QED) is 0.676. The fourth-order valence-electron chi connectivity index (χ4n) is 1.58. The number of aromatic nitrogens is 1. The molecule has 2 rings (SSSR count). The van der Waals surface area contributed by atoms with Crippen molar-refractivity contribution in [3.05, 3.63) is 17.6 Å². The summed E-state index contributed by atoms with van der Waals surface area (Å²) in [6, 6.07) is 0.108. The highest BCUT2D eigenvalue weighted by Gasteiger charge is 2.24. The van der Waals surface area contributed by atoms with Crippen LogP contribution >= 0.6 is 0 Å². The van der Waals surface area contributed by atoms with E-state index in [1.165, 1.54) is 12.4 Å². The van der Waals surface area contributed by atoms with Gasteiger partial charge >= 0.3 is 0 Å². The van der Waals surface area contributed by atoms with Crippen LogP contribution < -0.4 is 0 Å². The largest absolute Gasteiger partial charge is 0.327 e. The first-order valence-corrected chi connectivity index (χ1v) is 4.57. The third-order valence-corrected chi connectivity index (χ3v) is 2.28. The molecule has 0 fully saturated rings. The molecule has 0 N–H and O–H groups in total. The van der Waals surface area contributed by atoms with Gasteiger partial charge in [0.25, 0.3) is 0 Å². The maximum atomic E-state index is 13.4. The van der Waals surface area contributed by atoms with Crippen LogP contribution in [0, 0.1) is 5.82 Å². The molecule has 14 heavy (non-hydrogen) atoms. The zero-order valence-corrected chi connectivity index (χ0v) is 8.12. The molecule has 3 nitrogen and oxygen atoms in total. The standard InChI is InChI=1S/C10H11FN2O/c1-6(2)13-5-7(11)9-8(14)3-4-12-10(9)13/h4-6H,3H2,1-2H3. The molecule has 0 unspecified atom stereocenters. The summed E-state index contributed by atoms with van der Waals surface area (Å²) in [6.07, 6.45) is 3.07. The number of rotatable bonds is 1. The molecule has 0 saturated heterocycles. The average molecular weight is 194 g/mol. The number of carbonyl (C=O) groups is 1. The number of hydrogen-bond acceptors (Lipinski definition) is 2. The first kappa shape index (κ1) is 9.12. The third kappa shape index (κ3) is 1.18. The Labute approximate surface area is 81.3 Å². The SMILES string of the molecule is CC(C)n1cc(F)c2c1N=CCC2=O. The number of carbonyl (C=O) groups excluding carboxylic acids is 1. The van der Waals surface area contributed by atoms with Crippen LogP contribution in [-0.4, -0.2) is 16.6 Å². The van der Waals surface area contributed by atoms with Gasteiger partial charge in [-0.25, -0.2) is 9.38 Å². The fraction of sp³-hybridized carbons (Fsp3) is 0.400. The van der Waals surface area contributed by atoms with E-state index in [2.05, 4.69) is 4.99 Å². The van der Waals surface area contributed by atoms with Crippen LogP contribution in [0.1, 0.15) is 36.7 Å². The van der Waals surface area contributed by atoms with Crippen LogP contribution in [0.3, 0.4) is 0 Å². The van der Waals surface area contributed by atoms with Crippen molar-refractivity contribution < 1.29 is 9.18 Å². The van der Waals surface area contributed by atoms with Crippen LogP contribution in [0.5, 0.6) is 0 Å². The summed E-state index contributed by atoms with van der Waals surface area (Å²) >= 11 is 0. The van der Waals surface area contributed by atoms with Crippen LogP contribution in [0.25, 0.3) is 0 Å². The Hall–Kier alpha value is -1.45. The zero-order chi connectivity index (χ0) is 10.3. The van der Waals surface area contributed by atoms with Crippen molar-refractivity contribution >= 4 is 17.8 Å². The van der Waals surface area contributed by atoms with Crippen molar-refractivity contribution in [2.75, 3.05) is 0 Å². The minimum absolute atomic E-state index is 0.108. The first-order valence-electron chi connectivity index (χ1n) is 4.57. The number of hydrogen-bond donors (Lipinski definition) is 0. The second kappa shape index (κ2) is 3.04. The highest BCUT2D eigenvalue weighted by molar-refractivity contribution is 6.09. The van der Waals surface area contributed by atoms with E-state index >= 15 is 0 Å². The van der Waals surface area contributed by atoms with Gasteiger partial charge in [0.1, 0.15) is 5.82 Å². The van der Waals surface area contributed by atoms with Gasteiger partial charge in [0, 0.05) is 24.9 Å². The Morgan fingerprint density at radius 2 is 2.29 bits per heavy atom. The van der Waals surface area contributed by atoms with E-state index in [4.69, 9.17) is 0 Å². The Morgan fingerprint density at radius 1 is 1.57 bits per heavy atom. The third-order valence-electron chi connectivity index (χ3n) is 2.28. The average Bonchev–Trinajstić information content (AvgIpc) is 2.45. The predicted octanol–water partition coefficient (Wildman–Crippen LogP) is 2.50. The van der Waals surface area contributed by atoms with Crippen molar-refractivity contribution in [3.63, 3.8) is 0 Å². The summed E-state index contributed by atoms with van der Waals surface area (Å²) in [7, 11) is 0. The zero-order valence-electron chi connectivity index (χ0n) is 8.12. The molecule has 1 aromatic rings. The second-order valence-electron chi connectivity index (χ2n) is 3.62. The molecule has 0 amide bonds. The van der Waals surface area contributed by atoms with Gasteiger partial charge in [-0.2, -0.15) is 0 Å². The van der Waals surface area contributed by atoms with E-state index in [0.29, 0.717) is 5.82 Å². The Bertz CT molecular complexity index is 418. The molecule has 0 aromatic carbocycles. The number of ketones is 1. The fourth-order valence-corrected chi connectivity index (χ4v) is 1.58. The molecule has 2 heterocycles. The number of Topliss-reactive ketones (excluding diaryl/α,β-unsaturated/α-hetero) is 1. The minimum atomic E-state index is -0.462. The van der Waals surface area contributed by atoms with Crippen LogP contribution in [-0.2, 0) is 0 Å². The van der Waals surface area contributed by atoms with Gasteiger partial charge < -0.3 is 4.57 Å². The lowest BCUT2D eigenvalue weighted by Crippen LogP contribution is -2.07. The predicted molar refractivity (Wildman–Crippen MR) is 51.9 cm³/mol. The van der Waals surface area contributed by atoms with Gasteiger partial charge in [0.05, 0.1) is 5.56 Å². The van der Waals surface area contributed by atoms with Gasteiger partial charge in [-0.15, -0.1) is 0 Å². The van der Waals surface area contributed by atoms with E-state index in [-0.39, 0.29) is 23.8 Å². The van der Waals surface area contributed by atoms with Crippen molar-refractivity contribution in [3.8, 4) is 0 Å². The number of aliphatic imine (C=N–C) groups is 1. The normalized spacial score (nSPS) is 15.0. The maximum absolute atomic E-state index is 13.4. The molecule has 0 saturated carbocycles. The van der Waals surface area contributed by atoms with Crippen LogP contribution in [0.4, 0.5) is 10.2 Å². The molecule has 1 aromatic heterocycles. The number of fused-ring (bicyclic) bond motifs is 1. The summed E-state index contributed by atoms with van der Waals surface area (Å²) in [5.74, 6) is -0.198. The monoisotopic (exact) mass is 194 g/mol. The van der Waals surface area contributed by atoms with E-state index in [1.807, 2.05) is 13.8 Å². The van der Waals surface area contributed by atoms with Gasteiger partial charge in [0.15, 0.2) is 11.6 Å². The van der Waals surface area contributed by atoms with E-state index in [9.17, 15) is 9.18 Å². The summed E-state index contributed by atoms with van der Waals surface area (Å²) in [5, 5.41) is 0. The molecule has 74 valence electrons. The van der Waals surface area contributed by atoms with Crippen molar-refractivity contribution in [1.29, 1.82) is 0 Å². The maximum Gasteiger partial charge on any atom is 0.174 e. The lowest BCUT2D eigenvalue weighted by Gasteiger charge is -2.11. The molecule has 0 spiro atoms. The summed E-state index contributed by atoms with van der Waals surface area (Å²) in [4.78, 5) is 15.5. The molecule has 0 bridgehead atoms. The molecular formula is C10H11FN2O. The van der Waals surface area contributed by atoms with E-state index < -0.39 is 5.82 Å². The lowest BCUT2D eigenvalue weighted by molar-refractivity contribution is 0.0997. The molecule has 0 atom stereocenters.